The van der Waals surface area contributed by atoms with E-state index in [0.29, 0.717) is 23.4 Å². The van der Waals surface area contributed by atoms with Crippen LogP contribution in [0.15, 0.2) is 41.6 Å². The second-order valence-corrected chi connectivity index (χ2v) is 10.4. The Morgan fingerprint density at radius 2 is 1.81 bits per heavy atom. The first-order valence-corrected chi connectivity index (χ1v) is 11.9. The van der Waals surface area contributed by atoms with E-state index in [4.69, 9.17) is 19.9 Å². The molecule has 1 saturated heterocycles. The number of hydrogen-bond donors (Lipinski definition) is 1. The summed E-state index contributed by atoms with van der Waals surface area (Å²) in [6.45, 7) is 8.30. The van der Waals surface area contributed by atoms with E-state index >= 15 is 0 Å². The Bertz CT molecular complexity index is 1310. The lowest BCUT2D eigenvalue weighted by atomic mass is 9.77. The van der Waals surface area contributed by atoms with Gasteiger partial charge in [0.15, 0.2) is 0 Å². The Hall–Kier alpha value is -3.59. The van der Waals surface area contributed by atoms with Crippen LogP contribution < -0.4 is 20.8 Å². The molecule has 2 aromatic heterocycles. The van der Waals surface area contributed by atoms with Crippen LogP contribution in [0.3, 0.4) is 0 Å². The zero-order valence-corrected chi connectivity index (χ0v) is 21.7. The number of aromatic nitrogens is 2. The highest BCUT2D eigenvalue weighted by molar-refractivity contribution is 5.95. The van der Waals surface area contributed by atoms with Crippen molar-refractivity contribution in [2.24, 2.45) is 24.1 Å². The molecule has 0 saturated carbocycles. The zero-order chi connectivity index (χ0) is 26.2. The predicted molar refractivity (Wildman–Crippen MR) is 138 cm³/mol. The average molecular weight is 495 g/mol. The summed E-state index contributed by atoms with van der Waals surface area (Å²) < 4.78 is 18.6. The van der Waals surface area contributed by atoms with Crippen molar-refractivity contribution in [1.82, 2.24) is 14.5 Å². The van der Waals surface area contributed by atoms with Crippen molar-refractivity contribution < 1.29 is 19.0 Å². The maximum absolute atomic E-state index is 12.6. The number of methoxy groups -OCH3 is 2. The Morgan fingerprint density at radius 1 is 1.17 bits per heavy atom. The second kappa shape index (κ2) is 9.81. The number of rotatable bonds is 7. The molecule has 2 N–H and O–H groups in total. The van der Waals surface area contributed by atoms with Crippen LogP contribution in [-0.2, 0) is 18.3 Å². The van der Waals surface area contributed by atoms with Gasteiger partial charge >= 0.3 is 6.09 Å². The molecule has 1 amide bonds. The fourth-order valence-corrected chi connectivity index (χ4v) is 5.10. The van der Waals surface area contributed by atoms with E-state index in [-0.39, 0.29) is 23.0 Å². The molecule has 4 rings (SSSR count). The molecule has 0 aliphatic carbocycles. The highest BCUT2D eigenvalue weighted by Crippen LogP contribution is 2.40. The van der Waals surface area contributed by atoms with Gasteiger partial charge in [-0.05, 0) is 34.6 Å². The van der Waals surface area contributed by atoms with Gasteiger partial charge in [0, 0.05) is 56.8 Å². The minimum absolute atomic E-state index is 0.0985. The van der Waals surface area contributed by atoms with E-state index in [9.17, 15) is 9.59 Å². The Balaban J connectivity index is 1.64. The number of ether oxygens (including phenoxy) is 3. The van der Waals surface area contributed by atoms with Crippen LogP contribution in [0, 0.1) is 11.3 Å². The smallest absolute Gasteiger partial charge is 0.404 e. The third-order valence-electron chi connectivity index (χ3n) is 6.80. The van der Waals surface area contributed by atoms with Crippen molar-refractivity contribution in [2.45, 2.75) is 33.4 Å². The molecular formula is C27H34N4O5. The Kier molecular flexibility index (Phi) is 6.95. The largest absolute Gasteiger partial charge is 0.496 e. The first-order chi connectivity index (χ1) is 17.0. The molecule has 192 valence electrons. The number of primary amides is 1. The molecular weight excluding hydrogens is 460 g/mol. The van der Waals surface area contributed by atoms with Crippen LogP contribution >= 0.6 is 0 Å². The lowest BCUT2D eigenvalue weighted by molar-refractivity contribution is -0.0650. The van der Waals surface area contributed by atoms with Crippen LogP contribution in [0.4, 0.5) is 4.79 Å². The van der Waals surface area contributed by atoms with Gasteiger partial charge < -0.3 is 24.5 Å². The zero-order valence-electron chi connectivity index (χ0n) is 21.7. The van der Waals surface area contributed by atoms with Gasteiger partial charge in [0.2, 0.25) is 0 Å². The van der Waals surface area contributed by atoms with Gasteiger partial charge in [-0.15, -0.1) is 0 Å². The number of nitrogens with two attached hydrogens (primary N) is 1. The summed E-state index contributed by atoms with van der Waals surface area (Å²) in [6.07, 6.45) is 4.10. The summed E-state index contributed by atoms with van der Waals surface area (Å²) in [6, 6.07) is 5.80. The fraction of sp³-hybridized carbons (Fsp3) is 0.444. The Labute approximate surface area is 210 Å². The van der Waals surface area contributed by atoms with Crippen LogP contribution in [0.2, 0.25) is 0 Å². The maximum Gasteiger partial charge on any atom is 0.404 e. The number of aryl methyl sites for hydroxylation is 1. The predicted octanol–water partition coefficient (Wildman–Crippen LogP) is 3.56. The summed E-state index contributed by atoms with van der Waals surface area (Å²) in [5, 5.41) is 1.37. The fourth-order valence-electron chi connectivity index (χ4n) is 5.10. The first-order valence-electron chi connectivity index (χ1n) is 11.9. The highest BCUT2D eigenvalue weighted by Gasteiger charge is 2.42. The average Bonchev–Trinajstić information content (AvgIpc) is 2.81. The number of hydrogen-bond acceptors (Lipinski definition) is 7. The van der Waals surface area contributed by atoms with Crippen LogP contribution in [-0.4, -0.2) is 54.0 Å². The van der Waals surface area contributed by atoms with Gasteiger partial charge in [-0.2, -0.15) is 0 Å². The minimum Gasteiger partial charge on any atom is -0.496 e. The van der Waals surface area contributed by atoms with Crippen molar-refractivity contribution in [3.63, 3.8) is 0 Å². The topological polar surface area (TPSA) is 109 Å². The third kappa shape index (κ3) is 4.88. The first kappa shape index (κ1) is 25.5. The van der Waals surface area contributed by atoms with Crippen molar-refractivity contribution in [3.05, 3.63) is 52.7 Å². The summed E-state index contributed by atoms with van der Waals surface area (Å²) in [5.74, 6) is 1.59. The molecule has 1 fully saturated rings. The van der Waals surface area contributed by atoms with Crippen molar-refractivity contribution in [1.29, 1.82) is 0 Å². The third-order valence-corrected chi connectivity index (χ3v) is 6.80. The van der Waals surface area contributed by atoms with E-state index in [2.05, 4.69) is 9.88 Å². The lowest BCUT2D eigenvalue weighted by Crippen LogP contribution is -2.56. The normalized spacial score (nSPS) is 15.4. The summed E-state index contributed by atoms with van der Waals surface area (Å²) in [5.41, 5.74) is 7.71. The molecule has 9 nitrogen and oxygen atoms in total. The lowest BCUT2D eigenvalue weighted by Gasteiger charge is -2.46. The van der Waals surface area contributed by atoms with E-state index in [1.807, 2.05) is 45.2 Å². The molecule has 3 heterocycles. The summed E-state index contributed by atoms with van der Waals surface area (Å²) in [7, 11) is 5.01. The van der Waals surface area contributed by atoms with Gasteiger partial charge in [0.05, 0.1) is 25.2 Å². The van der Waals surface area contributed by atoms with E-state index < -0.39 is 6.09 Å². The van der Waals surface area contributed by atoms with E-state index in [1.54, 1.807) is 38.2 Å². The van der Waals surface area contributed by atoms with Gasteiger partial charge in [0.1, 0.15) is 17.6 Å². The van der Waals surface area contributed by atoms with Gasteiger partial charge in [-0.25, -0.2) is 4.79 Å². The number of pyridine rings is 2. The molecule has 9 heteroatoms. The summed E-state index contributed by atoms with van der Waals surface area (Å²) in [4.78, 5) is 30.4. The molecule has 1 aromatic carbocycles. The van der Waals surface area contributed by atoms with Gasteiger partial charge in [-0.1, -0.05) is 20.8 Å². The number of fused-ring (bicyclic) bond motifs is 1. The molecule has 3 aromatic rings. The van der Waals surface area contributed by atoms with Crippen LogP contribution in [0.5, 0.6) is 11.5 Å². The number of likely N-dealkylation sites (tertiary alicyclic amines) is 1. The molecule has 0 spiro atoms. The van der Waals surface area contributed by atoms with Gasteiger partial charge in [0.25, 0.3) is 5.56 Å². The van der Waals surface area contributed by atoms with Crippen molar-refractivity contribution in [2.75, 3.05) is 27.3 Å². The van der Waals surface area contributed by atoms with Crippen LogP contribution in [0.1, 0.15) is 26.3 Å². The molecule has 36 heavy (non-hydrogen) atoms. The number of amides is 1. The molecule has 1 atom stereocenters. The molecule has 1 unspecified atom stereocenters. The molecule has 0 bridgehead atoms. The summed E-state index contributed by atoms with van der Waals surface area (Å²) >= 11 is 0. The van der Waals surface area contributed by atoms with Crippen molar-refractivity contribution in [3.8, 4) is 22.6 Å². The number of carbonyl (C=O) groups excluding carboxylic acids is 1. The SMILES string of the molecule is COc1cc(-c2cn(C)c(=O)c3cnccc23)cc(OC)c1CN1CC(C(OC(N)=O)C(C)(C)C)C1. The minimum atomic E-state index is -0.742. The maximum atomic E-state index is 12.6. The standard InChI is InChI=1S/C27H34N4O5/c1-27(2,3)24(36-26(28)33)17-12-31(13-17)15-21-22(34-5)9-16(10-23(21)35-6)20-14-30(4)25(32)19-11-29-8-7-18(19)20/h7-11,14,17,24H,12-13,15H2,1-6H3,(H2,28,33). The van der Waals surface area contributed by atoms with E-state index in [1.165, 1.54) is 0 Å². The monoisotopic (exact) mass is 494 g/mol. The number of benzene rings is 1. The van der Waals surface area contributed by atoms with Crippen LogP contribution in [0.25, 0.3) is 21.9 Å². The Morgan fingerprint density at radius 3 is 2.36 bits per heavy atom. The quantitative estimate of drug-likeness (QED) is 0.535. The molecule has 1 aliphatic heterocycles. The van der Waals surface area contributed by atoms with E-state index in [0.717, 1.165) is 35.2 Å². The molecule has 0 radical (unpaired) electrons. The number of carbonyl (C=O) groups is 1. The molecule has 1 aliphatic rings. The highest BCUT2D eigenvalue weighted by atomic mass is 16.6. The van der Waals surface area contributed by atoms with Gasteiger partial charge in [-0.3, -0.25) is 14.7 Å². The number of nitrogens with zero attached hydrogens (tertiary/aromatic N) is 3. The second-order valence-electron chi connectivity index (χ2n) is 10.4. The van der Waals surface area contributed by atoms with Crippen molar-refractivity contribution >= 4 is 16.9 Å².